The Kier molecular flexibility index (Phi) is 3.61. The van der Waals surface area contributed by atoms with E-state index in [-0.39, 0.29) is 17.7 Å². The van der Waals surface area contributed by atoms with Crippen molar-refractivity contribution < 1.29 is 9.90 Å². The first kappa shape index (κ1) is 16.4. The molecule has 3 N–H and O–H groups in total. The summed E-state index contributed by atoms with van der Waals surface area (Å²) < 4.78 is 0. The minimum atomic E-state index is -0.492. The van der Waals surface area contributed by atoms with Crippen LogP contribution in [0.25, 0.3) is 27.9 Å². The number of hydrogen-bond acceptors (Lipinski definition) is 5. The summed E-state index contributed by atoms with van der Waals surface area (Å²) in [5.74, 6) is 0.0704. The molecule has 1 aliphatic carbocycles. The Labute approximate surface area is 158 Å². The average Bonchev–Trinajstić information content (AvgIpc) is 3.46. The monoisotopic (exact) mass is 372 g/mol. The average molecular weight is 372 g/mol. The predicted octanol–water partition coefficient (Wildman–Crippen LogP) is 2.23. The number of aliphatic hydroxyl groups excluding tert-OH is 1. The number of anilines is 1. The third kappa shape index (κ3) is 2.60. The second kappa shape index (κ2) is 6.16. The van der Waals surface area contributed by atoms with Gasteiger partial charge in [-0.1, -0.05) is 30.3 Å². The molecule has 7 nitrogen and oxygen atoms in total. The van der Waals surface area contributed by atoms with E-state index < -0.39 is 5.56 Å². The maximum Gasteiger partial charge on any atom is 0.296 e. The highest BCUT2D eigenvalue weighted by atomic mass is 16.2. The van der Waals surface area contributed by atoms with E-state index in [1.807, 2.05) is 30.3 Å². The van der Waals surface area contributed by atoms with Crippen LogP contribution in [0.5, 0.6) is 0 Å². The Morgan fingerprint density at radius 1 is 1.21 bits per heavy atom. The topological polar surface area (TPSA) is 108 Å². The molecule has 2 heterocycles. The second-order valence-corrected chi connectivity index (χ2v) is 7.03. The van der Waals surface area contributed by atoms with Gasteiger partial charge in [0.1, 0.15) is 6.26 Å². The summed E-state index contributed by atoms with van der Waals surface area (Å²) in [5.41, 5.74) is 1.80. The normalized spacial score (nSPS) is 19.2. The fraction of sp³-hybridized carbons (Fsp3) is 0.143. The zero-order chi connectivity index (χ0) is 19.3. The van der Waals surface area contributed by atoms with Gasteiger partial charge in [-0.15, -0.1) is 5.10 Å². The largest absolute Gasteiger partial charge is 0.513 e. The summed E-state index contributed by atoms with van der Waals surface area (Å²) in [6.45, 7) is 0. The van der Waals surface area contributed by atoms with Gasteiger partial charge in [-0.3, -0.25) is 9.59 Å². The van der Waals surface area contributed by atoms with Gasteiger partial charge < -0.3 is 15.4 Å². The van der Waals surface area contributed by atoms with Gasteiger partial charge in [0.2, 0.25) is 5.91 Å². The van der Waals surface area contributed by atoms with Gasteiger partial charge in [0.25, 0.3) is 5.56 Å². The SMILES string of the molecule is O=C(Nc1cc2[nH]/c(=C\O)c3cnnc(=O)c(c1)c23)C1CC1c1ccccc1. The number of nitrogens with zero attached hydrogens (tertiary/aromatic N) is 2. The van der Waals surface area contributed by atoms with Crippen molar-refractivity contribution >= 4 is 39.5 Å². The molecule has 2 aromatic carbocycles. The number of benzene rings is 2. The zero-order valence-electron chi connectivity index (χ0n) is 14.7. The minimum Gasteiger partial charge on any atom is -0.513 e. The summed E-state index contributed by atoms with van der Waals surface area (Å²) in [4.78, 5) is 28.1. The molecule has 1 saturated carbocycles. The molecule has 4 aromatic rings. The number of aliphatic hydroxyl groups is 1. The smallest absolute Gasteiger partial charge is 0.296 e. The van der Waals surface area contributed by atoms with E-state index >= 15 is 0 Å². The summed E-state index contributed by atoms with van der Waals surface area (Å²) in [5, 5.41) is 21.7. The van der Waals surface area contributed by atoms with Crippen LogP contribution in [-0.2, 0) is 4.79 Å². The van der Waals surface area contributed by atoms with Crippen molar-refractivity contribution in [2.24, 2.45) is 5.92 Å². The maximum absolute atomic E-state index is 12.7. The molecular formula is C21H16N4O3. The van der Waals surface area contributed by atoms with Crippen LogP contribution in [0.15, 0.2) is 53.5 Å². The number of aromatic nitrogens is 3. The number of aromatic amines is 1. The van der Waals surface area contributed by atoms with E-state index in [9.17, 15) is 14.7 Å². The molecular weight excluding hydrogens is 356 g/mol. The first-order valence-corrected chi connectivity index (χ1v) is 8.97. The number of amides is 1. The molecule has 0 aliphatic heterocycles. The first-order chi connectivity index (χ1) is 13.7. The number of H-pyrrole nitrogens is 1. The van der Waals surface area contributed by atoms with Crippen molar-refractivity contribution in [3.63, 3.8) is 0 Å². The van der Waals surface area contributed by atoms with Crippen LogP contribution in [-0.4, -0.2) is 26.2 Å². The minimum absolute atomic E-state index is 0.0737. The summed E-state index contributed by atoms with van der Waals surface area (Å²) >= 11 is 0. The van der Waals surface area contributed by atoms with Crippen LogP contribution >= 0.6 is 0 Å². The highest BCUT2D eigenvalue weighted by molar-refractivity contribution is 6.11. The van der Waals surface area contributed by atoms with Crippen LogP contribution in [0.2, 0.25) is 0 Å². The highest BCUT2D eigenvalue weighted by Gasteiger charge is 2.43. The Bertz CT molecular complexity index is 1330. The van der Waals surface area contributed by atoms with Gasteiger partial charge >= 0.3 is 0 Å². The van der Waals surface area contributed by atoms with Crippen molar-refractivity contribution in [1.29, 1.82) is 0 Å². The van der Waals surface area contributed by atoms with Gasteiger partial charge in [0.05, 0.1) is 16.9 Å². The van der Waals surface area contributed by atoms with E-state index in [0.717, 1.165) is 18.2 Å². The molecule has 0 saturated heterocycles. The lowest BCUT2D eigenvalue weighted by molar-refractivity contribution is -0.117. The molecule has 0 radical (unpaired) electrons. The third-order valence-electron chi connectivity index (χ3n) is 5.28. The molecule has 138 valence electrons. The van der Waals surface area contributed by atoms with Crippen molar-refractivity contribution in [3.8, 4) is 0 Å². The van der Waals surface area contributed by atoms with Crippen LogP contribution in [0, 0.1) is 5.92 Å². The molecule has 1 amide bonds. The summed E-state index contributed by atoms with van der Waals surface area (Å²) in [7, 11) is 0. The van der Waals surface area contributed by atoms with Gasteiger partial charge in [-0.25, -0.2) is 0 Å². The quantitative estimate of drug-likeness (QED) is 0.511. The molecule has 28 heavy (non-hydrogen) atoms. The van der Waals surface area contributed by atoms with Crippen molar-refractivity contribution in [3.05, 3.63) is 69.9 Å². The van der Waals surface area contributed by atoms with Gasteiger partial charge in [0.15, 0.2) is 0 Å². The maximum atomic E-state index is 12.7. The van der Waals surface area contributed by atoms with E-state index in [1.165, 1.54) is 6.20 Å². The molecule has 1 aliphatic rings. The Balaban J connectivity index is 1.52. The Hall–Kier alpha value is -3.74. The summed E-state index contributed by atoms with van der Waals surface area (Å²) in [6, 6.07) is 13.3. The van der Waals surface area contributed by atoms with E-state index in [0.29, 0.717) is 32.7 Å². The molecule has 2 atom stereocenters. The molecule has 2 aromatic heterocycles. The number of carbonyl (C=O) groups is 1. The molecule has 5 rings (SSSR count). The fourth-order valence-electron chi connectivity index (χ4n) is 3.84. The van der Waals surface area contributed by atoms with Crippen LogP contribution in [0.1, 0.15) is 17.9 Å². The lowest BCUT2D eigenvalue weighted by Gasteiger charge is -2.06. The van der Waals surface area contributed by atoms with Crippen molar-refractivity contribution in [1.82, 2.24) is 15.2 Å². The predicted molar refractivity (Wildman–Crippen MR) is 106 cm³/mol. The standard InChI is InChI=1S/C21H16N4O3/c26-10-18-16-9-22-25-21(28)15-6-12(7-17(24-18)19(15)16)23-20(27)14-8-13(14)11-4-2-1-3-5-11/h1-7,9-10,13-14,24,26H,8H2,(H,23,27)/b18-10-. The van der Waals surface area contributed by atoms with E-state index in [2.05, 4.69) is 20.5 Å². The van der Waals surface area contributed by atoms with Crippen LogP contribution < -0.4 is 16.2 Å². The van der Waals surface area contributed by atoms with Crippen molar-refractivity contribution in [2.75, 3.05) is 5.32 Å². The van der Waals surface area contributed by atoms with Crippen molar-refractivity contribution in [2.45, 2.75) is 12.3 Å². The third-order valence-corrected chi connectivity index (χ3v) is 5.28. The lowest BCUT2D eigenvalue weighted by Crippen LogP contribution is -2.15. The number of nitrogens with one attached hydrogen (secondary N) is 2. The molecule has 0 spiro atoms. The van der Waals surface area contributed by atoms with E-state index in [4.69, 9.17) is 0 Å². The zero-order valence-corrected chi connectivity index (χ0v) is 14.7. The highest BCUT2D eigenvalue weighted by Crippen LogP contribution is 2.47. The van der Waals surface area contributed by atoms with Gasteiger partial charge in [-0.05, 0) is 30.0 Å². The lowest BCUT2D eigenvalue weighted by atomic mass is 10.1. The number of hydrogen-bond donors (Lipinski definition) is 3. The van der Waals surface area contributed by atoms with Gasteiger partial charge in [-0.2, -0.15) is 5.10 Å². The second-order valence-electron chi connectivity index (χ2n) is 7.03. The Morgan fingerprint density at radius 2 is 2.04 bits per heavy atom. The van der Waals surface area contributed by atoms with Gasteiger partial charge in [0, 0.05) is 27.9 Å². The molecule has 2 unspecified atom stereocenters. The molecule has 1 fully saturated rings. The Morgan fingerprint density at radius 3 is 2.82 bits per heavy atom. The molecule has 7 heteroatoms. The van der Waals surface area contributed by atoms with Crippen LogP contribution in [0.4, 0.5) is 5.69 Å². The summed E-state index contributed by atoms with van der Waals surface area (Å²) in [6.07, 6.45) is 3.17. The van der Waals surface area contributed by atoms with E-state index in [1.54, 1.807) is 12.1 Å². The van der Waals surface area contributed by atoms with Crippen LogP contribution in [0.3, 0.4) is 0 Å². The first-order valence-electron chi connectivity index (χ1n) is 8.97. The fourth-order valence-corrected chi connectivity index (χ4v) is 3.84. The molecule has 0 bridgehead atoms. The number of rotatable bonds is 3. The number of carbonyl (C=O) groups excluding carboxylic acids is 1.